The van der Waals surface area contributed by atoms with Crippen LogP contribution in [0.2, 0.25) is 0 Å². The molecule has 0 saturated heterocycles. The minimum Gasteiger partial charge on any atom is -0.399 e. The lowest BCUT2D eigenvalue weighted by molar-refractivity contribution is 1.46. The van der Waals surface area contributed by atoms with Crippen LogP contribution in [0.3, 0.4) is 0 Å². The molecule has 0 fully saturated rings. The van der Waals surface area contributed by atoms with E-state index in [0.717, 1.165) is 15.9 Å². The normalized spacial score (nSPS) is 9.75. The van der Waals surface area contributed by atoms with E-state index in [4.69, 9.17) is 5.73 Å². The molecule has 0 aliphatic heterocycles. The second kappa shape index (κ2) is 4.58. The topological polar surface area (TPSA) is 26.0 Å². The maximum Gasteiger partial charge on any atom is 0.0325 e. The molecule has 2 N–H and O–H groups in total. The maximum atomic E-state index is 5.62. The zero-order valence-electron chi connectivity index (χ0n) is 6.59. The first-order valence-corrected chi connectivity index (χ1v) is 5.28. The van der Waals surface area contributed by atoms with E-state index in [1.807, 2.05) is 24.3 Å². The van der Waals surface area contributed by atoms with E-state index in [-0.39, 0.29) is 0 Å². The fraction of sp³-hybridized carbons (Fsp3) is 0.111. The smallest absolute Gasteiger partial charge is 0.0325 e. The van der Waals surface area contributed by atoms with Gasteiger partial charge in [-0.3, -0.25) is 0 Å². The highest BCUT2D eigenvalue weighted by molar-refractivity contribution is 9.11. The molecule has 0 radical (unpaired) electrons. The Morgan fingerprint density at radius 2 is 2.33 bits per heavy atom. The van der Waals surface area contributed by atoms with Gasteiger partial charge in [-0.25, -0.2) is 0 Å². The first-order chi connectivity index (χ1) is 5.68. The lowest BCUT2D eigenvalue weighted by atomic mass is 10.3. The van der Waals surface area contributed by atoms with Crippen LogP contribution in [0.4, 0.5) is 5.69 Å². The summed E-state index contributed by atoms with van der Waals surface area (Å²) in [4.78, 5) is 1.18. The van der Waals surface area contributed by atoms with Crippen molar-refractivity contribution in [1.29, 1.82) is 0 Å². The van der Waals surface area contributed by atoms with E-state index in [9.17, 15) is 0 Å². The van der Waals surface area contributed by atoms with Crippen LogP contribution in [-0.4, -0.2) is 5.75 Å². The Labute approximate surface area is 85.2 Å². The number of halogens is 1. The highest BCUT2D eigenvalue weighted by Crippen LogP contribution is 2.23. The first-order valence-electron chi connectivity index (χ1n) is 3.50. The van der Waals surface area contributed by atoms with Crippen LogP contribution in [-0.2, 0) is 0 Å². The van der Waals surface area contributed by atoms with Crippen molar-refractivity contribution in [3.8, 4) is 0 Å². The molecule has 0 atom stereocenters. The number of hydrogen-bond donors (Lipinski definition) is 1. The van der Waals surface area contributed by atoms with Crippen LogP contribution in [0.1, 0.15) is 0 Å². The molecule has 0 aromatic heterocycles. The molecule has 0 aliphatic rings. The van der Waals surface area contributed by atoms with Crippen LogP contribution >= 0.6 is 27.7 Å². The molecule has 1 aromatic rings. The molecule has 1 rings (SSSR count). The van der Waals surface area contributed by atoms with Crippen molar-refractivity contribution in [2.75, 3.05) is 11.5 Å². The predicted octanol–water partition coefficient (Wildman–Crippen LogP) is 3.27. The van der Waals surface area contributed by atoms with Gasteiger partial charge in [0.1, 0.15) is 0 Å². The van der Waals surface area contributed by atoms with Crippen LogP contribution in [0, 0.1) is 0 Å². The van der Waals surface area contributed by atoms with Gasteiger partial charge in [0.25, 0.3) is 0 Å². The minimum atomic E-state index is 0.806. The fourth-order valence-electron chi connectivity index (χ4n) is 0.766. The van der Waals surface area contributed by atoms with Gasteiger partial charge in [0.05, 0.1) is 0 Å². The maximum absolute atomic E-state index is 5.62. The van der Waals surface area contributed by atoms with Gasteiger partial charge in [-0.1, -0.05) is 28.6 Å². The van der Waals surface area contributed by atoms with E-state index >= 15 is 0 Å². The van der Waals surface area contributed by atoms with Crippen molar-refractivity contribution < 1.29 is 0 Å². The molecule has 0 amide bonds. The largest absolute Gasteiger partial charge is 0.399 e. The highest BCUT2D eigenvalue weighted by Gasteiger charge is 1.94. The molecule has 0 heterocycles. The van der Waals surface area contributed by atoms with E-state index in [1.165, 1.54) is 4.90 Å². The van der Waals surface area contributed by atoms with Gasteiger partial charge in [0.15, 0.2) is 0 Å². The summed E-state index contributed by atoms with van der Waals surface area (Å²) in [6.07, 6.45) is 0. The zero-order valence-corrected chi connectivity index (χ0v) is 8.99. The Balaban J connectivity index is 2.57. The summed E-state index contributed by atoms with van der Waals surface area (Å²) in [7, 11) is 0. The number of hydrogen-bond acceptors (Lipinski definition) is 2. The summed E-state index contributed by atoms with van der Waals surface area (Å²) < 4.78 is 0.995. The van der Waals surface area contributed by atoms with Gasteiger partial charge < -0.3 is 5.73 Å². The Kier molecular flexibility index (Phi) is 3.69. The van der Waals surface area contributed by atoms with E-state index in [1.54, 1.807) is 11.8 Å². The van der Waals surface area contributed by atoms with Crippen LogP contribution in [0.25, 0.3) is 0 Å². The third-order valence-corrected chi connectivity index (χ3v) is 2.99. The van der Waals surface area contributed by atoms with Crippen LogP contribution in [0.5, 0.6) is 0 Å². The van der Waals surface area contributed by atoms with Crippen molar-refractivity contribution >= 4 is 33.4 Å². The summed E-state index contributed by atoms with van der Waals surface area (Å²) in [5.41, 5.74) is 6.42. The number of thioether (sulfide) groups is 1. The molecule has 0 aliphatic carbocycles. The number of nitrogen functional groups attached to an aromatic ring is 1. The number of anilines is 1. The second-order valence-corrected chi connectivity index (χ2v) is 4.55. The molecular formula is C9H10BrNS. The van der Waals surface area contributed by atoms with Gasteiger partial charge in [-0.05, 0) is 22.7 Å². The van der Waals surface area contributed by atoms with E-state index in [0.29, 0.717) is 0 Å². The fourth-order valence-corrected chi connectivity index (χ4v) is 1.83. The number of benzene rings is 1. The Morgan fingerprint density at radius 1 is 1.58 bits per heavy atom. The van der Waals surface area contributed by atoms with E-state index < -0.39 is 0 Å². The van der Waals surface area contributed by atoms with Crippen LogP contribution < -0.4 is 5.73 Å². The summed E-state index contributed by atoms with van der Waals surface area (Å²) in [6, 6.07) is 7.83. The quantitative estimate of drug-likeness (QED) is 0.652. The Morgan fingerprint density at radius 3 is 2.92 bits per heavy atom. The van der Waals surface area contributed by atoms with Gasteiger partial charge >= 0.3 is 0 Å². The summed E-state index contributed by atoms with van der Waals surface area (Å²) in [5, 5.41) is 0. The van der Waals surface area contributed by atoms with Crippen molar-refractivity contribution in [3.05, 3.63) is 35.3 Å². The third-order valence-electron chi connectivity index (χ3n) is 1.25. The lowest BCUT2D eigenvalue weighted by Crippen LogP contribution is -1.84. The van der Waals surface area contributed by atoms with Gasteiger partial charge in [0.2, 0.25) is 0 Å². The summed E-state index contributed by atoms with van der Waals surface area (Å²) in [5.74, 6) is 0.878. The average Bonchev–Trinajstić information content (AvgIpc) is 2.01. The van der Waals surface area contributed by atoms with Crippen molar-refractivity contribution in [3.63, 3.8) is 0 Å². The predicted molar refractivity (Wildman–Crippen MR) is 59.6 cm³/mol. The van der Waals surface area contributed by atoms with Crippen molar-refractivity contribution in [2.24, 2.45) is 0 Å². The number of nitrogens with two attached hydrogens (primary N) is 1. The standard InChI is InChI=1S/C9H10BrNS/c1-7(10)6-12-9-4-2-3-8(11)5-9/h2-5H,1,6,11H2. The lowest BCUT2D eigenvalue weighted by Gasteiger charge is -2.00. The third kappa shape index (κ3) is 3.32. The average molecular weight is 244 g/mol. The van der Waals surface area contributed by atoms with E-state index in [2.05, 4.69) is 22.5 Å². The molecule has 64 valence electrons. The molecule has 0 bridgehead atoms. The highest BCUT2D eigenvalue weighted by atomic mass is 79.9. The Bertz CT molecular complexity index is 286. The zero-order chi connectivity index (χ0) is 8.97. The molecular weight excluding hydrogens is 234 g/mol. The molecule has 3 heteroatoms. The molecule has 1 aromatic carbocycles. The molecule has 1 nitrogen and oxygen atoms in total. The Hall–Kier alpha value is -0.410. The summed E-state index contributed by atoms with van der Waals surface area (Å²) in [6.45, 7) is 3.76. The van der Waals surface area contributed by atoms with Gasteiger partial charge in [-0.15, -0.1) is 11.8 Å². The number of rotatable bonds is 3. The minimum absolute atomic E-state index is 0.806. The van der Waals surface area contributed by atoms with Gasteiger partial charge in [0, 0.05) is 16.3 Å². The second-order valence-electron chi connectivity index (χ2n) is 2.38. The molecule has 0 unspecified atom stereocenters. The molecule has 0 spiro atoms. The summed E-state index contributed by atoms with van der Waals surface area (Å²) >= 11 is 5.02. The van der Waals surface area contributed by atoms with Crippen molar-refractivity contribution in [1.82, 2.24) is 0 Å². The van der Waals surface area contributed by atoms with Crippen molar-refractivity contribution in [2.45, 2.75) is 4.90 Å². The molecule has 0 saturated carbocycles. The monoisotopic (exact) mass is 243 g/mol. The van der Waals surface area contributed by atoms with Gasteiger partial charge in [-0.2, -0.15) is 0 Å². The van der Waals surface area contributed by atoms with Crippen LogP contribution in [0.15, 0.2) is 40.2 Å². The SMILES string of the molecule is C=C(Br)CSc1cccc(N)c1. The first kappa shape index (κ1) is 9.68. The molecule has 12 heavy (non-hydrogen) atoms.